The van der Waals surface area contributed by atoms with Crippen molar-refractivity contribution in [3.63, 3.8) is 0 Å². The molecule has 2 atom stereocenters. The molecule has 2 rings (SSSR count). The molecular formula is C16H24N2O2. The molecule has 1 saturated heterocycles. The van der Waals surface area contributed by atoms with Gasteiger partial charge in [-0.1, -0.05) is 26.0 Å². The second-order valence-corrected chi connectivity index (χ2v) is 5.49. The summed E-state index contributed by atoms with van der Waals surface area (Å²) in [5, 5.41) is 12.8. The van der Waals surface area contributed by atoms with Gasteiger partial charge < -0.3 is 15.3 Å². The molecule has 0 aliphatic carbocycles. The zero-order valence-electron chi connectivity index (χ0n) is 12.3. The molecule has 0 aromatic heterocycles. The lowest BCUT2D eigenvalue weighted by Gasteiger charge is -2.26. The predicted molar refractivity (Wildman–Crippen MR) is 80.9 cm³/mol. The second-order valence-electron chi connectivity index (χ2n) is 5.49. The molecule has 2 unspecified atom stereocenters. The van der Waals surface area contributed by atoms with Gasteiger partial charge >= 0.3 is 0 Å². The molecule has 0 radical (unpaired) electrons. The van der Waals surface area contributed by atoms with Crippen molar-refractivity contribution in [3.8, 4) is 0 Å². The lowest BCUT2D eigenvalue weighted by atomic mass is 10.0. The minimum absolute atomic E-state index is 0.0209. The Balaban J connectivity index is 2.20. The topological polar surface area (TPSA) is 52.6 Å². The van der Waals surface area contributed by atoms with Crippen LogP contribution in [0.25, 0.3) is 0 Å². The van der Waals surface area contributed by atoms with Gasteiger partial charge in [0.05, 0.1) is 18.2 Å². The monoisotopic (exact) mass is 276 g/mol. The summed E-state index contributed by atoms with van der Waals surface area (Å²) >= 11 is 0. The van der Waals surface area contributed by atoms with Crippen molar-refractivity contribution in [2.24, 2.45) is 5.92 Å². The van der Waals surface area contributed by atoms with Crippen LogP contribution in [0.5, 0.6) is 0 Å². The number of hydrogen-bond donors (Lipinski definition) is 2. The molecule has 0 bridgehead atoms. The van der Waals surface area contributed by atoms with Crippen LogP contribution in [0.3, 0.4) is 0 Å². The van der Waals surface area contributed by atoms with Gasteiger partial charge in [0.2, 0.25) is 0 Å². The van der Waals surface area contributed by atoms with Gasteiger partial charge in [-0.2, -0.15) is 0 Å². The lowest BCUT2D eigenvalue weighted by Crippen LogP contribution is -2.40. The minimum Gasteiger partial charge on any atom is -0.394 e. The Morgan fingerprint density at radius 1 is 1.45 bits per heavy atom. The molecule has 4 heteroatoms. The highest BCUT2D eigenvalue weighted by Crippen LogP contribution is 2.27. The number of carbonyl (C=O) groups is 1. The van der Waals surface area contributed by atoms with Crippen LogP contribution in [0.15, 0.2) is 24.3 Å². The zero-order valence-corrected chi connectivity index (χ0v) is 12.3. The quantitative estimate of drug-likeness (QED) is 0.868. The van der Waals surface area contributed by atoms with Gasteiger partial charge in [0, 0.05) is 18.8 Å². The Hall–Kier alpha value is -1.55. The SMILES string of the molecule is CCCNc1ccccc1C(=O)N1CCC(C)C1CO. The van der Waals surface area contributed by atoms with E-state index in [1.54, 1.807) is 0 Å². The van der Waals surface area contributed by atoms with E-state index in [2.05, 4.69) is 19.2 Å². The number of aliphatic hydroxyl groups excluding tert-OH is 1. The third-order valence-electron chi connectivity index (χ3n) is 4.05. The number of anilines is 1. The fourth-order valence-corrected chi connectivity index (χ4v) is 2.78. The van der Waals surface area contributed by atoms with Crippen molar-refractivity contribution in [2.45, 2.75) is 32.7 Å². The van der Waals surface area contributed by atoms with Crippen LogP contribution in [0.2, 0.25) is 0 Å². The average Bonchev–Trinajstić information content (AvgIpc) is 2.85. The standard InChI is InChI=1S/C16H24N2O2/c1-3-9-17-14-7-5-4-6-13(14)16(20)18-10-8-12(2)15(18)11-19/h4-7,12,15,17,19H,3,8-11H2,1-2H3. The molecule has 1 amide bonds. The van der Waals surface area contributed by atoms with Crippen molar-refractivity contribution in [3.05, 3.63) is 29.8 Å². The summed E-state index contributed by atoms with van der Waals surface area (Å²) in [4.78, 5) is 14.5. The molecular weight excluding hydrogens is 252 g/mol. The van der Waals surface area contributed by atoms with Gasteiger partial charge in [0.1, 0.15) is 0 Å². The average molecular weight is 276 g/mol. The van der Waals surface area contributed by atoms with Crippen LogP contribution in [0, 0.1) is 5.92 Å². The van der Waals surface area contributed by atoms with Gasteiger partial charge in [-0.25, -0.2) is 0 Å². The third kappa shape index (κ3) is 2.96. The van der Waals surface area contributed by atoms with Gasteiger partial charge in [0.25, 0.3) is 5.91 Å². The molecule has 110 valence electrons. The van der Waals surface area contributed by atoms with Crippen LogP contribution >= 0.6 is 0 Å². The molecule has 1 aliphatic heterocycles. The number of carbonyl (C=O) groups excluding carboxylic acids is 1. The first-order chi connectivity index (χ1) is 9.69. The van der Waals surface area contributed by atoms with Crippen LogP contribution in [-0.4, -0.2) is 41.7 Å². The number of likely N-dealkylation sites (tertiary alicyclic amines) is 1. The van der Waals surface area contributed by atoms with E-state index in [-0.39, 0.29) is 18.6 Å². The molecule has 1 aliphatic rings. The highest BCUT2D eigenvalue weighted by Gasteiger charge is 2.34. The molecule has 4 nitrogen and oxygen atoms in total. The Labute approximate surface area is 120 Å². The lowest BCUT2D eigenvalue weighted by molar-refractivity contribution is 0.0649. The van der Waals surface area contributed by atoms with Crippen molar-refractivity contribution in [1.29, 1.82) is 0 Å². The zero-order chi connectivity index (χ0) is 14.5. The van der Waals surface area contributed by atoms with Gasteiger partial charge in [0.15, 0.2) is 0 Å². The second kappa shape index (κ2) is 6.75. The fourth-order valence-electron chi connectivity index (χ4n) is 2.78. The van der Waals surface area contributed by atoms with Crippen molar-refractivity contribution in [2.75, 3.05) is 25.0 Å². The number of nitrogens with one attached hydrogen (secondary N) is 1. The third-order valence-corrected chi connectivity index (χ3v) is 4.05. The van der Waals surface area contributed by atoms with Crippen molar-refractivity contribution < 1.29 is 9.90 Å². The van der Waals surface area contributed by atoms with E-state index in [0.717, 1.165) is 31.6 Å². The van der Waals surface area contributed by atoms with Gasteiger partial charge in [-0.05, 0) is 30.9 Å². The van der Waals surface area contributed by atoms with E-state index in [0.29, 0.717) is 11.5 Å². The van der Waals surface area contributed by atoms with E-state index >= 15 is 0 Å². The summed E-state index contributed by atoms with van der Waals surface area (Å²) in [6, 6.07) is 7.57. The first-order valence-electron chi connectivity index (χ1n) is 7.43. The molecule has 1 aromatic rings. The number of aliphatic hydroxyl groups is 1. The Bertz CT molecular complexity index is 462. The summed E-state index contributed by atoms with van der Waals surface area (Å²) in [6.07, 6.45) is 1.98. The van der Waals surface area contributed by atoms with E-state index in [1.807, 2.05) is 29.2 Å². The fraction of sp³-hybridized carbons (Fsp3) is 0.562. The largest absolute Gasteiger partial charge is 0.394 e. The van der Waals surface area contributed by atoms with Crippen molar-refractivity contribution >= 4 is 11.6 Å². The summed E-state index contributed by atoms with van der Waals surface area (Å²) < 4.78 is 0. The maximum atomic E-state index is 12.7. The first-order valence-corrected chi connectivity index (χ1v) is 7.43. The van der Waals surface area contributed by atoms with Crippen LogP contribution in [0.4, 0.5) is 5.69 Å². The van der Waals surface area contributed by atoms with Crippen LogP contribution in [0.1, 0.15) is 37.0 Å². The highest BCUT2D eigenvalue weighted by molar-refractivity contribution is 6.00. The van der Waals surface area contributed by atoms with E-state index < -0.39 is 0 Å². The van der Waals surface area contributed by atoms with Crippen molar-refractivity contribution in [1.82, 2.24) is 4.90 Å². The molecule has 0 saturated carbocycles. The Morgan fingerprint density at radius 3 is 2.90 bits per heavy atom. The number of hydrogen-bond acceptors (Lipinski definition) is 3. The summed E-state index contributed by atoms with van der Waals surface area (Å²) in [6.45, 7) is 5.81. The number of para-hydroxylation sites is 1. The van der Waals surface area contributed by atoms with Crippen LogP contribution < -0.4 is 5.32 Å². The Kier molecular flexibility index (Phi) is 5.01. The van der Waals surface area contributed by atoms with Crippen LogP contribution in [-0.2, 0) is 0 Å². The Morgan fingerprint density at radius 2 is 2.20 bits per heavy atom. The molecule has 1 aromatic carbocycles. The molecule has 0 spiro atoms. The number of amides is 1. The maximum Gasteiger partial charge on any atom is 0.256 e. The highest BCUT2D eigenvalue weighted by atomic mass is 16.3. The normalized spacial score (nSPS) is 22.1. The van der Waals surface area contributed by atoms with E-state index in [1.165, 1.54) is 0 Å². The smallest absolute Gasteiger partial charge is 0.256 e. The molecule has 1 heterocycles. The maximum absolute atomic E-state index is 12.7. The predicted octanol–water partition coefficient (Wildman–Crippen LogP) is 2.35. The van der Waals surface area contributed by atoms with E-state index in [9.17, 15) is 9.90 Å². The summed E-state index contributed by atoms with van der Waals surface area (Å²) in [5.41, 5.74) is 1.59. The van der Waals surface area contributed by atoms with Gasteiger partial charge in [-0.15, -0.1) is 0 Å². The summed E-state index contributed by atoms with van der Waals surface area (Å²) in [7, 11) is 0. The van der Waals surface area contributed by atoms with E-state index in [4.69, 9.17) is 0 Å². The summed E-state index contributed by atoms with van der Waals surface area (Å²) in [5.74, 6) is 0.382. The minimum atomic E-state index is -0.0540. The number of benzene rings is 1. The number of nitrogens with zero attached hydrogens (tertiary/aromatic N) is 1. The molecule has 2 N–H and O–H groups in total. The number of rotatable bonds is 5. The van der Waals surface area contributed by atoms with Gasteiger partial charge in [-0.3, -0.25) is 4.79 Å². The first kappa shape index (κ1) is 14.9. The molecule has 20 heavy (non-hydrogen) atoms. The molecule has 1 fully saturated rings.